The van der Waals surface area contributed by atoms with Crippen molar-refractivity contribution < 1.29 is 9.90 Å². The number of aromatic amines is 1. The van der Waals surface area contributed by atoms with Crippen LogP contribution in [-0.2, 0) is 0 Å². The van der Waals surface area contributed by atoms with Gasteiger partial charge in [-0.1, -0.05) is 0 Å². The maximum absolute atomic E-state index is 11.3. The summed E-state index contributed by atoms with van der Waals surface area (Å²) < 4.78 is 0. The maximum atomic E-state index is 11.3. The Morgan fingerprint density at radius 1 is 1.38 bits per heavy atom. The number of amides is 2. The molecule has 0 radical (unpaired) electrons. The van der Waals surface area contributed by atoms with Gasteiger partial charge in [0.05, 0.1) is 6.61 Å². The van der Waals surface area contributed by atoms with Gasteiger partial charge < -0.3 is 20.7 Å². The first-order chi connectivity index (χ1) is 7.79. The molecule has 0 aliphatic carbocycles. The number of anilines is 1. The van der Waals surface area contributed by atoms with Crippen molar-refractivity contribution >= 4 is 22.6 Å². The fraction of sp³-hybridized carbons (Fsp3) is 0.182. The highest BCUT2D eigenvalue weighted by Crippen LogP contribution is 2.17. The fourth-order valence-electron chi connectivity index (χ4n) is 1.48. The van der Waals surface area contributed by atoms with Crippen LogP contribution in [0.4, 0.5) is 10.5 Å². The van der Waals surface area contributed by atoms with Gasteiger partial charge in [-0.2, -0.15) is 0 Å². The Morgan fingerprint density at radius 2 is 2.25 bits per heavy atom. The molecule has 0 atom stereocenters. The summed E-state index contributed by atoms with van der Waals surface area (Å²) in [5, 5.41) is 14.8. The highest BCUT2D eigenvalue weighted by atomic mass is 16.3. The van der Waals surface area contributed by atoms with Crippen molar-refractivity contribution in [2.24, 2.45) is 0 Å². The van der Waals surface area contributed by atoms with Gasteiger partial charge in [-0.3, -0.25) is 0 Å². The lowest BCUT2D eigenvalue weighted by Crippen LogP contribution is -2.30. The molecule has 2 rings (SSSR count). The molecule has 1 aromatic heterocycles. The number of nitrogens with one attached hydrogen (secondary N) is 3. The highest BCUT2D eigenvalue weighted by molar-refractivity contribution is 5.92. The summed E-state index contributed by atoms with van der Waals surface area (Å²) in [6.45, 7) is 0.183. The molecule has 0 bridgehead atoms. The minimum Gasteiger partial charge on any atom is -0.395 e. The third-order valence-electron chi connectivity index (χ3n) is 2.21. The van der Waals surface area contributed by atoms with Gasteiger partial charge in [-0.15, -0.1) is 0 Å². The molecule has 0 saturated heterocycles. The first-order valence-electron chi connectivity index (χ1n) is 5.02. The largest absolute Gasteiger partial charge is 0.395 e. The summed E-state index contributed by atoms with van der Waals surface area (Å²) in [7, 11) is 0. The van der Waals surface area contributed by atoms with Crippen LogP contribution in [0.5, 0.6) is 0 Å². The van der Waals surface area contributed by atoms with Gasteiger partial charge in [0.2, 0.25) is 0 Å². The number of H-pyrrole nitrogens is 1. The van der Waals surface area contributed by atoms with Crippen LogP contribution in [0.2, 0.25) is 0 Å². The molecule has 1 heterocycles. The summed E-state index contributed by atoms with van der Waals surface area (Å²) in [6, 6.07) is 7.22. The Labute approximate surface area is 92.5 Å². The average Bonchev–Trinajstić information content (AvgIpc) is 2.73. The summed E-state index contributed by atoms with van der Waals surface area (Å²) in [6.07, 6.45) is 1.85. The zero-order chi connectivity index (χ0) is 11.4. The van der Waals surface area contributed by atoms with Crippen LogP contribution in [0, 0.1) is 0 Å². The molecule has 5 nitrogen and oxygen atoms in total. The summed E-state index contributed by atoms with van der Waals surface area (Å²) in [5.41, 5.74) is 1.75. The Bertz CT molecular complexity index is 493. The Hall–Kier alpha value is -2.01. The SMILES string of the molecule is O=C(NCCO)Nc1ccc2[nH]ccc2c1. The number of benzene rings is 1. The zero-order valence-electron chi connectivity index (χ0n) is 8.66. The molecule has 4 N–H and O–H groups in total. The van der Waals surface area contributed by atoms with Crippen LogP contribution < -0.4 is 10.6 Å². The highest BCUT2D eigenvalue weighted by Gasteiger charge is 2.01. The van der Waals surface area contributed by atoms with E-state index in [-0.39, 0.29) is 19.2 Å². The van der Waals surface area contributed by atoms with E-state index in [9.17, 15) is 4.79 Å². The number of urea groups is 1. The molecule has 0 unspecified atom stereocenters. The lowest BCUT2D eigenvalue weighted by atomic mass is 10.2. The van der Waals surface area contributed by atoms with Crippen molar-refractivity contribution in [3.8, 4) is 0 Å². The van der Waals surface area contributed by atoms with E-state index >= 15 is 0 Å². The van der Waals surface area contributed by atoms with Gasteiger partial charge in [0.25, 0.3) is 0 Å². The number of hydrogen-bond donors (Lipinski definition) is 4. The van der Waals surface area contributed by atoms with E-state index in [1.165, 1.54) is 0 Å². The molecule has 5 heteroatoms. The molecule has 2 amide bonds. The average molecular weight is 219 g/mol. The first kappa shape index (κ1) is 10.5. The molecule has 0 spiro atoms. The van der Waals surface area contributed by atoms with Gasteiger partial charge in [-0.25, -0.2) is 4.79 Å². The second-order valence-electron chi connectivity index (χ2n) is 3.38. The quantitative estimate of drug-likeness (QED) is 0.627. The van der Waals surface area contributed by atoms with Gasteiger partial charge in [-0.05, 0) is 24.3 Å². The normalized spacial score (nSPS) is 10.3. The topological polar surface area (TPSA) is 77.2 Å². The van der Waals surface area contributed by atoms with E-state index in [1.807, 2.05) is 30.5 Å². The minimum absolute atomic E-state index is 0.0652. The van der Waals surface area contributed by atoms with E-state index in [1.54, 1.807) is 0 Å². The van der Waals surface area contributed by atoms with E-state index in [2.05, 4.69) is 15.6 Å². The fourth-order valence-corrected chi connectivity index (χ4v) is 1.48. The Morgan fingerprint density at radius 3 is 3.06 bits per heavy atom. The van der Waals surface area contributed by atoms with Crippen LogP contribution in [0.25, 0.3) is 10.9 Å². The predicted molar refractivity (Wildman–Crippen MR) is 62.4 cm³/mol. The van der Waals surface area contributed by atoms with Crippen molar-refractivity contribution in [2.75, 3.05) is 18.5 Å². The van der Waals surface area contributed by atoms with E-state index < -0.39 is 0 Å². The third-order valence-corrected chi connectivity index (χ3v) is 2.21. The second-order valence-corrected chi connectivity index (χ2v) is 3.38. The van der Waals surface area contributed by atoms with Gasteiger partial charge in [0.15, 0.2) is 0 Å². The zero-order valence-corrected chi connectivity index (χ0v) is 8.66. The number of aliphatic hydroxyl groups is 1. The number of rotatable bonds is 3. The molecule has 1 aromatic carbocycles. The third kappa shape index (κ3) is 2.32. The molecule has 0 aliphatic heterocycles. The summed E-state index contributed by atoms with van der Waals surface area (Å²) >= 11 is 0. The molecule has 16 heavy (non-hydrogen) atoms. The molecular formula is C11H13N3O2. The summed E-state index contributed by atoms with van der Waals surface area (Å²) in [5.74, 6) is 0. The minimum atomic E-state index is -0.316. The number of hydrogen-bond acceptors (Lipinski definition) is 2. The molecule has 0 aliphatic rings. The lowest BCUT2D eigenvalue weighted by molar-refractivity contribution is 0.245. The molecule has 0 fully saturated rings. The van der Waals surface area contributed by atoms with Crippen molar-refractivity contribution in [2.45, 2.75) is 0 Å². The smallest absolute Gasteiger partial charge is 0.319 e. The van der Waals surface area contributed by atoms with E-state index in [4.69, 9.17) is 5.11 Å². The standard InChI is InChI=1S/C11H13N3O2/c15-6-5-13-11(16)14-9-1-2-10-8(7-9)3-4-12-10/h1-4,7,12,15H,5-6H2,(H2,13,14,16). The number of aliphatic hydroxyl groups excluding tert-OH is 1. The first-order valence-corrected chi connectivity index (χ1v) is 5.02. The monoisotopic (exact) mass is 219 g/mol. The Balaban J connectivity index is 2.06. The maximum Gasteiger partial charge on any atom is 0.319 e. The van der Waals surface area contributed by atoms with Crippen molar-refractivity contribution in [3.05, 3.63) is 30.5 Å². The van der Waals surface area contributed by atoms with Crippen LogP contribution in [0.3, 0.4) is 0 Å². The van der Waals surface area contributed by atoms with Gasteiger partial charge in [0.1, 0.15) is 0 Å². The Kier molecular flexibility index (Phi) is 3.07. The van der Waals surface area contributed by atoms with E-state index in [0.717, 1.165) is 16.6 Å². The number of aromatic nitrogens is 1. The van der Waals surface area contributed by atoms with Gasteiger partial charge in [0, 0.05) is 29.3 Å². The van der Waals surface area contributed by atoms with Crippen LogP contribution in [0.15, 0.2) is 30.5 Å². The predicted octanol–water partition coefficient (Wildman–Crippen LogP) is 1.28. The van der Waals surface area contributed by atoms with Crippen LogP contribution >= 0.6 is 0 Å². The van der Waals surface area contributed by atoms with E-state index in [0.29, 0.717) is 0 Å². The van der Waals surface area contributed by atoms with Crippen molar-refractivity contribution in [1.82, 2.24) is 10.3 Å². The second kappa shape index (κ2) is 4.67. The molecule has 2 aromatic rings. The molecule has 0 saturated carbocycles. The van der Waals surface area contributed by atoms with Gasteiger partial charge >= 0.3 is 6.03 Å². The van der Waals surface area contributed by atoms with Crippen molar-refractivity contribution in [3.63, 3.8) is 0 Å². The lowest BCUT2D eigenvalue weighted by Gasteiger charge is -2.06. The van der Waals surface area contributed by atoms with Crippen LogP contribution in [0.1, 0.15) is 0 Å². The molecular weight excluding hydrogens is 206 g/mol. The number of carbonyl (C=O) groups is 1. The summed E-state index contributed by atoms with van der Waals surface area (Å²) in [4.78, 5) is 14.4. The van der Waals surface area contributed by atoms with Crippen LogP contribution in [-0.4, -0.2) is 29.3 Å². The number of carbonyl (C=O) groups excluding carboxylic acids is 1. The number of fused-ring (bicyclic) bond motifs is 1. The van der Waals surface area contributed by atoms with Crippen molar-refractivity contribution in [1.29, 1.82) is 0 Å². The molecule has 84 valence electrons.